The Morgan fingerprint density at radius 2 is 2.00 bits per heavy atom. The lowest BCUT2D eigenvalue weighted by atomic mass is 9.76. The summed E-state index contributed by atoms with van der Waals surface area (Å²) in [4.78, 5) is 0. The van der Waals surface area contributed by atoms with Gasteiger partial charge < -0.3 is 15.2 Å². The maximum absolute atomic E-state index is 9.44. The van der Waals surface area contributed by atoms with Gasteiger partial charge in [0.2, 0.25) is 0 Å². The number of piperidine rings is 1. The zero-order valence-electron chi connectivity index (χ0n) is 9.22. The predicted molar refractivity (Wildman–Crippen MR) is 57.3 cm³/mol. The number of aliphatic hydroxyl groups excluding tert-OH is 1. The Morgan fingerprint density at radius 3 is 2.57 bits per heavy atom. The summed E-state index contributed by atoms with van der Waals surface area (Å²) in [6.07, 6.45) is 5.68. The summed E-state index contributed by atoms with van der Waals surface area (Å²) >= 11 is 0. The van der Waals surface area contributed by atoms with Gasteiger partial charge >= 0.3 is 0 Å². The van der Waals surface area contributed by atoms with E-state index in [-0.39, 0.29) is 5.41 Å². The summed E-state index contributed by atoms with van der Waals surface area (Å²) in [5.74, 6) is 0. The van der Waals surface area contributed by atoms with Crippen LogP contribution in [0.25, 0.3) is 0 Å². The Kier molecular flexibility index (Phi) is 5.45. The van der Waals surface area contributed by atoms with Crippen molar-refractivity contribution in [1.82, 2.24) is 5.32 Å². The topological polar surface area (TPSA) is 41.5 Å². The van der Waals surface area contributed by atoms with Crippen molar-refractivity contribution in [2.24, 2.45) is 5.41 Å². The molecule has 0 atom stereocenters. The van der Waals surface area contributed by atoms with Gasteiger partial charge in [0.15, 0.2) is 0 Å². The van der Waals surface area contributed by atoms with E-state index in [1.165, 1.54) is 6.42 Å². The molecule has 84 valence electrons. The second-order valence-electron chi connectivity index (χ2n) is 4.36. The smallest absolute Gasteiger partial charge is 0.0488 e. The summed E-state index contributed by atoms with van der Waals surface area (Å²) in [7, 11) is 1.74. The zero-order chi connectivity index (χ0) is 10.3. The highest BCUT2D eigenvalue weighted by Gasteiger charge is 2.30. The lowest BCUT2D eigenvalue weighted by Gasteiger charge is -2.36. The monoisotopic (exact) mass is 201 g/mol. The standard InChI is InChI=1S/C11H23NO2/c1-14-9-3-2-4-11(10-13)5-7-12-8-6-11/h12-13H,2-10H2,1H3. The second kappa shape index (κ2) is 6.38. The average molecular weight is 201 g/mol. The molecule has 0 saturated carbocycles. The first kappa shape index (κ1) is 12.0. The number of unbranched alkanes of at least 4 members (excludes halogenated alkanes) is 1. The Balaban J connectivity index is 2.22. The molecule has 1 saturated heterocycles. The van der Waals surface area contributed by atoms with Crippen molar-refractivity contribution in [1.29, 1.82) is 0 Å². The van der Waals surface area contributed by atoms with E-state index in [0.29, 0.717) is 6.61 Å². The van der Waals surface area contributed by atoms with Crippen LogP contribution in [0.1, 0.15) is 32.1 Å². The van der Waals surface area contributed by atoms with Crippen LogP contribution >= 0.6 is 0 Å². The van der Waals surface area contributed by atoms with Gasteiger partial charge in [0.05, 0.1) is 0 Å². The van der Waals surface area contributed by atoms with E-state index >= 15 is 0 Å². The summed E-state index contributed by atoms with van der Waals surface area (Å²) in [5.41, 5.74) is 0.207. The zero-order valence-corrected chi connectivity index (χ0v) is 9.22. The van der Waals surface area contributed by atoms with E-state index in [4.69, 9.17) is 4.74 Å². The molecule has 0 radical (unpaired) electrons. The number of nitrogens with one attached hydrogen (secondary N) is 1. The van der Waals surface area contributed by atoms with Crippen LogP contribution in [0.2, 0.25) is 0 Å². The van der Waals surface area contributed by atoms with E-state index in [1.54, 1.807) is 7.11 Å². The van der Waals surface area contributed by atoms with Crippen LogP contribution < -0.4 is 5.32 Å². The first-order chi connectivity index (χ1) is 6.83. The van der Waals surface area contributed by atoms with Crippen molar-refractivity contribution in [2.45, 2.75) is 32.1 Å². The fourth-order valence-electron chi connectivity index (χ4n) is 2.19. The van der Waals surface area contributed by atoms with Gasteiger partial charge in [0.1, 0.15) is 0 Å². The molecule has 0 spiro atoms. The molecule has 3 nitrogen and oxygen atoms in total. The van der Waals surface area contributed by atoms with Crippen LogP contribution in [0, 0.1) is 5.41 Å². The van der Waals surface area contributed by atoms with Gasteiger partial charge in [-0.05, 0) is 44.2 Å². The number of methoxy groups -OCH3 is 1. The summed E-state index contributed by atoms with van der Waals surface area (Å²) in [6.45, 7) is 3.32. The first-order valence-electron chi connectivity index (χ1n) is 5.63. The van der Waals surface area contributed by atoms with Crippen molar-refractivity contribution in [3.8, 4) is 0 Å². The maximum atomic E-state index is 9.44. The molecule has 1 aliphatic rings. The quantitative estimate of drug-likeness (QED) is 0.634. The largest absolute Gasteiger partial charge is 0.396 e. The van der Waals surface area contributed by atoms with Crippen molar-refractivity contribution < 1.29 is 9.84 Å². The molecule has 0 aromatic heterocycles. The molecule has 0 aromatic rings. The summed E-state index contributed by atoms with van der Waals surface area (Å²) < 4.78 is 5.02. The molecule has 14 heavy (non-hydrogen) atoms. The van der Waals surface area contributed by atoms with E-state index in [0.717, 1.165) is 45.4 Å². The molecule has 0 unspecified atom stereocenters. The molecule has 0 aliphatic carbocycles. The lowest BCUT2D eigenvalue weighted by molar-refractivity contribution is 0.0746. The van der Waals surface area contributed by atoms with Crippen molar-refractivity contribution in [2.75, 3.05) is 33.4 Å². The highest BCUT2D eigenvalue weighted by atomic mass is 16.5. The highest BCUT2D eigenvalue weighted by molar-refractivity contribution is 4.83. The first-order valence-corrected chi connectivity index (χ1v) is 5.63. The highest BCUT2D eigenvalue weighted by Crippen LogP contribution is 2.33. The summed E-state index contributed by atoms with van der Waals surface area (Å²) in [6, 6.07) is 0. The van der Waals surface area contributed by atoms with E-state index in [2.05, 4.69) is 5.32 Å². The SMILES string of the molecule is COCCCCC1(CO)CCNCC1. The minimum Gasteiger partial charge on any atom is -0.396 e. The van der Waals surface area contributed by atoms with Gasteiger partial charge in [0.25, 0.3) is 0 Å². The van der Waals surface area contributed by atoms with Crippen molar-refractivity contribution in [3.63, 3.8) is 0 Å². The Morgan fingerprint density at radius 1 is 1.29 bits per heavy atom. The molecule has 0 amide bonds. The molecule has 1 rings (SSSR count). The number of rotatable bonds is 6. The van der Waals surface area contributed by atoms with Crippen LogP contribution in [-0.2, 0) is 4.74 Å². The number of hydrogen-bond donors (Lipinski definition) is 2. The third kappa shape index (κ3) is 3.56. The van der Waals surface area contributed by atoms with Gasteiger partial charge in [0, 0.05) is 20.3 Å². The molecule has 3 heteroatoms. The number of aliphatic hydroxyl groups is 1. The van der Waals surface area contributed by atoms with Crippen LogP contribution in [0.4, 0.5) is 0 Å². The molecular weight excluding hydrogens is 178 g/mol. The molecule has 0 aromatic carbocycles. The molecular formula is C11H23NO2. The molecule has 1 fully saturated rings. The van der Waals surface area contributed by atoms with Gasteiger partial charge in [-0.3, -0.25) is 0 Å². The maximum Gasteiger partial charge on any atom is 0.0488 e. The minimum absolute atomic E-state index is 0.207. The van der Waals surface area contributed by atoms with Gasteiger partial charge in [-0.1, -0.05) is 6.42 Å². The van der Waals surface area contributed by atoms with E-state index < -0.39 is 0 Å². The Hall–Kier alpha value is -0.120. The van der Waals surface area contributed by atoms with Crippen molar-refractivity contribution >= 4 is 0 Å². The van der Waals surface area contributed by atoms with Gasteiger partial charge in [-0.15, -0.1) is 0 Å². The van der Waals surface area contributed by atoms with Gasteiger partial charge in [-0.25, -0.2) is 0 Å². The van der Waals surface area contributed by atoms with Crippen LogP contribution in [-0.4, -0.2) is 38.5 Å². The van der Waals surface area contributed by atoms with Crippen LogP contribution in [0.3, 0.4) is 0 Å². The predicted octanol–water partition coefficient (Wildman–Crippen LogP) is 1.17. The van der Waals surface area contributed by atoms with Crippen molar-refractivity contribution in [3.05, 3.63) is 0 Å². The molecule has 2 N–H and O–H groups in total. The van der Waals surface area contributed by atoms with E-state index in [1.807, 2.05) is 0 Å². The fraction of sp³-hybridized carbons (Fsp3) is 1.00. The normalized spacial score (nSPS) is 21.0. The Labute approximate surface area is 86.8 Å². The van der Waals surface area contributed by atoms with Crippen LogP contribution in [0.15, 0.2) is 0 Å². The summed E-state index contributed by atoms with van der Waals surface area (Å²) in [5, 5.41) is 12.8. The third-order valence-electron chi connectivity index (χ3n) is 3.31. The molecule has 1 heterocycles. The average Bonchev–Trinajstić information content (AvgIpc) is 2.26. The lowest BCUT2D eigenvalue weighted by Crippen LogP contribution is -2.39. The minimum atomic E-state index is 0.207. The Bertz CT molecular complexity index is 144. The molecule has 1 aliphatic heterocycles. The van der Waals surface area contributed by atoms with Crippen LogP contribution in [0.5, 0.6) is 0 Å². The van der Waals surface area contributed by atoms with E-state index in [9.17, 15) is 5.11 Å². The fourth-order valence-corrected chi connectivity index (χ4v) is 2.19. The third-order valence-corrected chi connectivity index (χ3v) is 3.31. The second-order valence-corrected chi connectivity index (χ2v) is 4.36. The number of ether oxygens (including phenoxy) is 1. The molecule has 0 bridgehead atoms. The number of hydrogen-bond acceptors (Lipinski definition) is 3. The van der Waals surface area contributed by atoms with Gasteiger partial charge in [-0.2, -0.15) is 0 Å².